The van der Waals surface area contributed by atoms with Crippen LogP contribution in [-0.2, 0) is 9.59 Å². The summed E-state index contributed by atoms with van der Waals surface area (Å²) in [5.41, 5.74) is 1.37. The van der Waals surface area contributed by atoms with Gasteiger partial charge in [0.05, 0.1) is 4.92 Å². The molecular formula is C22H31N3O4. The van der Waals surface area contributed by atoms with Crippen LogP contribution >= 0.6 is 0 Å². The van der Waals surface area contributed by atoms with Crippen molar-refractivity contribution in [2.75, 3.05) is 26.2 Å². The summed E-state index contributed by atoms with van der Waals surface area (Å²) in [5.74, 6) is 0.488. The highest BCUT2D eigenvalue weighted by molar-refractivity contribution is 6.01. The highest BCUT2D eigenvalue weighted by Gasteiger charge is 2.27. The van der Waals surface area contributed by atoms with Crippen LogP contribution in [0.4, 0.5) is 5.69 Å². The van der Waals surface area contributed by atoms with Crippen LogP contribution in [0.5, 0.6) is 0 Å². The molecule has 0 saturated carbocycles. The molecule has 2 aliphatic rings. The topological polar surface area (TPSA) is 83.8 Å². The Bertz CT molecular complexity index is 695. The first kappa shape index (κ1) is 21.4. The molecule has 2 fully saturated rings. The SMILES string of the molecule is O=C1CCC(=O)N1CCCCCCCN1CCC(c2ccc([N+](=O)[O-])cc2)CC1. The van der Waals surface area contributed by atoms with Gasteiger partial charge in [0.2, 0.25) is 11.8 Å². The minimum Gasteiger partial charge on any atom is -0.303 e. The van der Waals surface area contributed by atoms with Crippen molar-refractivity contribution in [1.29, 1.82) is 0 Å². The Balaban J connectivity index is 1.24. The van der Waals surface area contributed by atoms with Gasteiger partial charge in [-0.25, -0.2) is 0 Å². The summed E-state index contributed by atoms with van der Waals surface area (Å²) in [6, 6.07) is 7.03. The number of hydrogen-bond acceptors (Lipinski definition) is 5. The molecule has 0 radical (unpaired) electrons. The molecule has 7 nitrogen and oxygen atoms in total. The maximum atomic E-state index is 11.6. The quantitative estimate of drug-likeness (QED) is 0.257. The summed E-state index contributed by atoms with van der Waals surface area (Å²) in [5, 5.41) is 10.8. The normalized spacial score (nSPS) is 18.6. The Hall–Kier alpha value is -2.28. The number of carbonyl (C=O) groups is 2. The molecule has 1 aromatic rings. The fourth-order valence-electron chi connectivity index (χ4n) is 4.37. The molecule has 0 aliphatic carbocycles. The number of nitro benzene ring substituents is 1. The van der Waals surface area contributed by atoms with Crippen LogP contribution in [0.15, 0.2) is 24.3 Å². The number of hydrogen-bond donors (Lipinski definition) is 0. The van der Waals surface area contributed by atoms with E-state index in [-0.39, 0.29) is 22.4 Å². The molecule has 0 N–H and O–H groups in total. The zero-order chi connectivity index (χ0) is 20.6. The van der Waals surface area contributed by atoms with Gasteiger partial charge < -0.3 is 4.90 Å². The minimum atomic E-state index is -0.349. The summed E-state index contributed by atoms with van der Waals surface area (Å²) in [6.45, 7) is 3.88. The molecule has 2 aliphatic heterocycles. The first-order chi connectivity index (χ1) is 14.0. The second-order valence-corrected chi connectivity index (χ2v) is 8.17. The average Bonchev–Trinajstić information content (AvgIpc) is 3.05. The number of nitro groups is 1. The molecule has 158 valence electrons. The summed E-state index contributed by atoms with van der Waals surface area (Å²) in [7, 11) is 0. The molecule has 2 heterocycles. The second-order valence-electron chi connectivity index (χ2n) is 8.17. The summed E-state index contributed by atoms with van der Waals surface area (Å²) >= 11 is 0. The van der Waals surface area contributed by atoms with Crippen molar-refractivity contribution >= 4 is 17.5 Å². The van der Waals surface area contributed by atoms with Crippen molar-refractivity contribution < 1.29 is 14.5 Å². The van der Waals surface area contributed by atoms with E-state index >= 15 is 0 Å². The standard InChI is InChI=1S/C22H31N3O4/c26-21-10-11-22(27)24(21)15-5-3-1-2-4-14-23-16-12-19(13-17-23)18-6-8-20(9-7-18)25(28)29/h6-9,19H,1-5,10-17H2. The van der Waals surface area contributed by atoms with Gasteiger partial charge >= 0.3 is 0 Å². The largest absolute Gasteiger partial charge is 0.303 e. The third-order valence-electron chi connectivity index (χ3n) is 6.17. The van der Waals surface area contributed by atoms with E-state index in [4.69, 9.17) is 0 Å². The van der Waals surface area contributed by atoms with Gasteiger partial charge in [-0.05, 0) is 56.8 Å². The van der Waals surface area contributed by atoms with E-state index in [1.807, 2.05) is 12.1 Å². The highest BCUT2D eigenvalue weighted by atomic mass is 16.6. The summed E-state index contributed by atoms with van der Waals surface area (Å²) < 4.78 is 0. The van der Waals surface area contributed by atoms with Crippen LogP contribution in [0.1, 0.15) is 69.3 Å². The van der Waals surface area contributed by atoms with E-state index < -0.39 is 0 Å². The Morgan fingerprint density at radius 1 is 0.862 bits per heavy atom. The van der Waals surface area contributed by atoms with Gasteiger partial charge in [0.15, 0.2) is 0 Å². The number of unbranched alkanes of at least 4 members (excludes halogenated alkanes) is 4. The molecule has 3 rings (SSSR count). The molecule has 0 bridgehead atoms. The van der Waals surface area contributed by atoms with Crippen LogP contribution in [0, 0.1) is 10.1 Å². The number of carbonyl (C=O) groups excluding carboxylic acids is 2. The summed E-state index contributed by atoms with van der Waals surface area (Å²) in [4.78, 5) is 37.5. The van der Waals surface area contributed by atoms with Crippen molar-refractivity contribution in [2.45, 2.75) is 63.7 Å². The lowest BCUT2D eigenvalue weighted by Crippen LogP contribution is -2.33. The third-order valence-corrected chi connectivity index (χ3v) is 6.17. The van der Waals surface area contributed by atoms with Crippen LogP contribution in [0.2, 0.25) is 0 Å². The van der Waals surface area contributed by atoms with Crippen LogP contribution in [0.25, 0.3) is 0 Å². The van der Waals surface area contributed by atoms with Gasteiger partial charge in [0, 0.05) is 31.5 Å². The smallest absolute Gasteiger partial charge is 0.269 e. The van der Waals surface area contributed by atoms with E-state index in [1.165, 1.54) is 23.3 Å². The molecule has 0 atom stereocenters. The number of nitrogens with zero attached hydrogens (tertiary/aromatic N) is 3. The Morgan fingerprint density at radius 3 is 2.00 bits per heavy atom. The Kier molecular flexibility index (Phi) is 7.75. The van der Waals surface area contributed by atoms with Crippen molar-refractivity contribution in [3.8, 4) is 0 Å². The van der Waals surface area contributed by atoms with Crippen LogP contribution < -0.4 is 0 Å². The molecule has 1 aromatic carbocycles. The molecular weight excluding hydrogens is 370 g/mol. The maximum Gasteiger partial charge on any atom is 0.269 e. The minimum absolute atomic E-state index is 0.00729. The lowest BCUT2D eigenvalue weighted by atomic mass is 9.89. The number of piperidine rings is 1. The number of imide groups is 1. The van der Waals surface area contributed by atoms with Gasteiger partial charge in [-0.15, -0.1) is 0 Å². The zero-order valence-electron chi connectivity index (χ0n) is 17.1. The first-order valence-corrected chi connectivity index (χ1v) is 10.8. The monoisotopic (exact) mass is 401 g/mol. The van der Waals surface area contributed by atoms with Crippen LogP contribution in [-0.4, -0.2) is 52.7 Å². The van der Waals surface area contributed by atoms with Crippen molar-refractivity contribution in [1.82, 2.24) is 9.80 Å². The van der Waals surface area contributed by atoms with Gasteiger partial charge in [0.1, 0.15) is 0 Å². The molecule has 29 heavy (non-hydrogen) atoms. The second kappa shape index (κ2) is 10.5. The highest BCUT2D eigenvalue weighted by Crippen LogP contribution is 2.29. The Labute approximate surface area is 172 Å². The fourth-order valence-corrected chi connectivity index (χ4v) is 4.37. The van der Waals surface area contributed by atoms with Crippen molar-refractivity contribution in [3.63, 3.8) is 0 Å². The molecule has 0 aromatic heterocycles. The Morgan fingerprint density at radius 2 is 1.41 bits per heavy atom. The third kappa shape index (κ3) is 6.10. The predicted octanol–water partition coefficient (Wildman–Crippen LogP) is 3.87. The fraction of sp³-hybridized carbons (Fsp3) is 0.636. The lowest BCUT2D eigenvalue weighted by molar-refractivity contribution is -0.384. The molecule has 0 unspecified atom stereocenters. The lowest BCUT2D eigenvalue weighted by Gasteiger charge is -2.32. The van der Waals surface area contributed by atoms with Gasteiger partial charge in [-0.3, -0.25) is 24.6 Å². The number of likely N-dealkylation sites (tertiary alicyclic amines) is 2. The molecule has 7 heteroatoms. The van der Waals surface area contributed by atoms with E-state index in [0.717, 1.165) is 51.7 Å². The van der Waals surface area contributed by atoms with Crippen LogP contribution in [0.3, 0.4) is 0 Å². The maximum absolute atomic E-state index is 11.6. The van der Waals surface area contributed by atoms with Crippen molar-refractivity contribution in [2.24, 2.45) is 0 Å². The van der Waals surface area contributed by atoms with E-state index in [9.17, 15) is 19.7 Å². The number of non-ortho nitro benzene ring substituents is 1. The first-order valence-electron chi connectivity index (χ1n) is 10.8. The zero-order valence-corrected chi connectivity index (χ0v) is 17.1. The number of benzene rings is 1. The van der Waals surface area contributed by atoms with E-state index in [2.05, 4.69) is 4.90 Å². The molecule has 2 saturated heterocycles. The van der Waals surface area contributed by atoms with E-state index in [1.54, 1.807) is 12.1 Å². The summed E-state index contributed by atoms with van der Waals surface area (Å²) in [6.07, 6.45) is 8.49. The van der Waals surface area contributed by atoms with E-state index in [0.29, 0.717) is 25.3 Å². The average molecular weight is 402 g/mol. The number of amides is 2. The van der Waals surface area contributed by atoms with Crippen molar-refractivity contribution in [3.05, 3.63) is 39.9 Å². The predicted molar refractivity (Wildman–Crippen MR) is 111 cm³/mol. The van der Waals surface area contributed by atoms with Gasteiger partial charge in [0.25, 0.3) is 5.69 Å². The van der Waals surface area contributed by atoms with Gasteiger partial charge in [-0.2, -0.15) is 0 Å². The molecule has 0 spiro atoms. The number of rotatable bonds is 10. The molecule has 2 amide bonds. The van der Waals surface area contributed by atoms with Gasteiger partial charge in [-0.1, -0.05) is 31.4 Å².